The lowest BCUT2D eigenvalue weighted by atomic mass is 9.82. The van der Waals surface area contributed by atoms with E-state index < -0.39 is 31.6 Å². The number of aromatic nitrogens is 5. The molecule has 2 aliphatic rings. The molecule has 1 saturated heterocycles. The van der Waals surface area contributed by atoms with Gasteiger partial charge in [0.05, 0.1) is 46.6 Å². The summed E-state index contributed by atoms with van der Waals surface area (Å²) in [5.74, 6) is -1.07. The van der Waals surface area contributed by atoms with Gasteiger partial charge in [-0.25, -0.2) is 4.68 Å². The molecule has 0 saturated carbocycles. The van der Waals surface area contributed by atoms with Gasteiger partial charge in [0.25, 0.3) is 11.5 Å². The first-order valence-corrected chi connectivity index (χ1v) is 19.2. The van der Waals surface area contributed by atoms with Crippen LogP contribution in [0, 0.1) is 5.92 Å². The molecule has 48 heavy (non-hydrogen) atoms. The molecule has 0 bridgehead atoms. The van der Waals surface area contributed by atoms with Crippen molar-refractivity contribution in [3.8, 4) is 5.69 Å². The molecule has 5 atom stereocenters. The van der Waals surface area contributed by atoms with Crippen LogP contribution in [0.3, 0.4) is 0 Å². The highest BCUT2D eigenvalue weighted by Gasteiger charge is 2.66. The van der Waals surface area contributed by atoms with Gasteiger partial charge in [-0.05, 0) is 55.4 Å². The number of carbonyl (C=O) groups excluding carboxylic acids is 1. The van der Waals surface area contributed by atoms with E-state index in [1.165, 1.54) is 4.68 Å². The van der Waals surface area contributed by atoms with E-state index in [1.807, 2.05) is 67.6 Å². The normalized spacial score (nSPS) is 22.9. The highest BCUT2D eigenvalue weighted by Crippen LogP contribution is 2.60. The number of nitrogens with one attached hydrogen (secondary N) is 1. The number of aliphatic hydroxyl groups is 1. The fourth-order valence-electron chi connectivity index (χ4n) is 7.89. The second-order valence-corrected chi connectivity index (χ2v) is 17.1. The molecular weight excluding hydrogens is 628 g/mol. The Bertz CT molecular complexity index is 2050. The Hall–Kier alpha value is -4.65. The molecule has 1 unspecified atom stereocenters. The fourth-order valence-corrected chi connectivity index (χ4v) is 10.4. The number of amides is 1. The summed E-state index contributed by atoms with van der Waals surface area (Å²) < 4.78 is 26.4. The molecule has 3 aromatic carbocycles. The van der Waals surface area contributed by atoms with E-state index in [2.05, 4.69) is 22.0 Å². The van der Waals surface area contributed by atoms with Crippen molar-refractivity contribution in [3.63, 3.8) is 0 Å². The monoisotopic (exact) mass is 666 g/mol. The van der Waals surface area contributed by atoms with Crippen LogP contribution in [0.4, 0.5) is 9.80 Å². The van der Waals surface area contributed by atoms with Crippen LogP contribution in [0.2, 0.25) is 18.6 Å². The lowest BCUT2D eigenvalue weighted by molar-refractivity contribution is -0.145. The minimum Gasteiger partial charge on any atom is -0.395 e. The van der Waals surface area contributed by atoms with Gasteiger partial charge in [0, 0.05) is 36.3 Å². The summed E-state index contributed by atoms with van der Waals surface area (Å²) >= 11 is 0. The van der Waals surface area contributed by atoms with Crippen LogP contribution < -0.4 is 10.5 Å². The minimum atomic E-state index is -3.40. The van der Waals surface area contributed by atoms with E-state index >= 15 is 4.11 Å². The first-order chi connectivity index (χ1) is 23.1. The number of benzene rings is 3. The molecule has 5 aromatic rings. The van der Waals surface area contributed by atoms with E-state index in [4.69, 9.17) is 4.74 Å². The summed E-state index contributed by atoms with van der Waals surface area (Å²) in [7, 11) is -3.40. The van der Waals surface area contributed by atoms with Gasteiger partial charge in [-0.1, -0.05) is 60.7 Å². The largest absolute Gasteiger partial charge is 0.395 e. The van der Waals surface area contributed by atoms with Crippen LogP contribution >= 0.6 is 0 Å². The van der Waals surface area contributed by atoms with Gasteiger partial charge < -0.3 is 18.9 Å². The third kappa shape index (κ3) is 5.06. The lowest BCUT2D eigenvalue weighted by Gasteiger charge is -2.31. The zero-order valence-corrected chi connectivity index (χ0v) is 28.2. The van der Waals surface area contributed by atoms with Gasteiger partial charge in [-0.2, -0.15) is 0 Å². The third-order valence-electron chi connectivity index (χ3n) is 10.0. The average Bonchev–Trinajstić information content (AvgIpc) is 3.81. The minimum absolute atomic E-state index is 0.118. The number of rotatable bonds is 10. The molecular formula is C36H39FN6O4Si. The fraction of sp³-hybridized carbons (Fsp3) is 0.333. The maximum absolute atomic E-state index is 16.4. The van der Waals surface area contributed by atoms with Crippen LogP contribution in [0.25, 0.3) is 16.6 Å². The number of H-pyrrole nitrogens is 1. The van der Waals surface area contributed by atoms with E-state index in [9.17, 15) is 14.7 Å². The molecule has 1 amide bonds. The molecule has 12 heteroatoms. The Morgan fingerprint density at radius 1 is 1.12 bits per heavy atom. The molecule has 4 heterocycles. The topological polar surface area (TPSA) is 118 Å². The quantitative estimate of drug-likeness (QED) is 0.117. The second kappa shape index (κ2) is 12.1. The molecule has 0 aliphatic carbocycles. The second-order valence-electron chi connectivity index (χ2n) is 13.3. The third-order valence-corrected chi connectivity index (χ3v) is 12.5. The summed E-state index contributed by atoms with van der Waals surface area (Å²) in [4.78, 5) is 29.5. The summed E-state index contributed by atoms with van der Waals surface area (Å²) in [6.45, 7) is 9.66. The smallest absolute Gasteiger partial charge is 0.279 e. The zero-order valence-electron chi connectivity index (χ0n) is 27.2. The van der Waals surface area contributed by atoms with Crippen molar-refractivity contribution in [1.29, 1.82) is 0 Å². The predicted molar refractivity (Wildman–Crippen MR) is 185 cm³/mol. The lowest BCUT2D eigenvalue weighted by Crippen LogP contribution is -2.45. The number of aromatic amines is 1. The van der Waals surface area contributed by atoms with Crippen LogP contribution in [-0.4, -0.2) is 63.5 Å². The molecule has 2 N–H and O–H groups in total. The molecule has 248 valence electrons. The number of aryl methyl sites for hydroxylation is 1. The molecule has 10 nitrogen and oxygen atoms in total. The average molecular weight is 667 g/mol. The summed E-state index contributed by atoms with van der Waals surface area (Å²) in [5, 5.41) is 22.5. The number of fused-ring (bicyclic) bond motifs is 3. The van der Waals surface area contributed by atoms with E-state index in [0.717, 1.165) is 5.56 Å². The summed E-state index contributed by atoms with van der Waals surface area (Å²) in [6.07, 6.45) is 3.29. The highest BCUT2D eigenvalue weighted by atomic mass is 28.4. The van der Waals surface area contributed by atoms with E-state index in [1.54, 1.807) is 47.1 Å². The number of carbonyl (C=O) groups is 1. The Morgan fingerprint density at radius 3 is 2.58 bits per heavy atom. The molecule has 7 rings (SSSR count). The molecule has 1 fully saturated rings. The van der Waals surface area contributed by atoms with Gasteiger partial charge in [0.1, 0.15) is 0 Å². The Labute approximate surface area is 278 Å². The maximum Gasteiger partial charge on any atom is 0.279 e. The number of hydrogen-bond acceptors (Lipinski definition) is 6. The molecule has 2 aliphatic heterocycles. The van der Waals surface area contributed by atoms with Crippen molar-refractivity contribution in [2.24, 2.45) is 5.92 Å². The zero-order chi connectivity index (χ0) is 33.8. The number of ether oxygens (including phenoxy) is 1. The van der Waals surface area contributed by atoms with Gasteiger partial charge in [-0.15, -0.1) is 11.7 Å². The molecule has 2 aromatic heterocycles. The first-order valence-electron chi connectivity index (χ1n) is 16.3. The van der Waals surface area contributed by atoms with Gasteiger partial charge >= 0.3 is 0 Å². The first kappa shape index (κ1) is 31.9. The van der Waals surface area contributed by atoms with E-state index in [0.29, 0.717) is 46.5 Å². The van der Waals surface area contributed by atoms with Crippen LogP contribution in [0.1, 0.15) is 36.1 Å². The highest BCUT2D eigenvalue weighted by molar-refractivity contribution is 6.72. The molecule has 1 spiro atoms. The Balaban J connectivity index is 1.24. The number of halogens is 1. The van der Waals surface area contributed by atoms with Gasteiger partial charge in [0.2, 0.25) is 8.41 Å². The number of para-hydroxylation sites is 1. The standard InChI is InChI=1S/C36H39FN6O4Si/c1-5-18-42-31-16-15-25(43-34(45)26-13-9-10-14-29(26)39-43)20-28(31)36(35(42)46)23(2)33(48(3,4)37)32(47-36)17-19-41-21-30(38-40-41)27(22-44)24-11-7-6-8-12-24/h5-16,20-21,23,27,32-33,39,44H,1,17-19,22H2,2-4H3/t23-,27?,32+,33-,36+/m0/s1. The van der Waals surface area contributed by atoms with Crippen molar-refractivity contribution in [1.82, 2.24) is 24.8 Å². The predicted octanol–water partition coefficient (Wildman–Crippen LogP) is 5.43. The van der Waals surface area contributed by atoms with Gasteiger partial charge in [-0.3, -0.25) is 19.4 Å². The van der Waals surface area contributed by atoms with Crippen LogP contribution in [0.5, 0.6) is 0 Å². The number of hydrogen-bond donors (Lipinski definition) is 2. The number of nitrogens with zero attached hydrogens (tertiary/aromatic N) is 5. The Kier molecular flexibility index (Phi) is 8.05. The Morgan fingerprint density at radius 2 is 1.88 bits per heavy atom. The number of anilines is 1. The summed E-state index contributed by atoms with van der Waals surface area (Å²) in [5.41, 5.74) is 1.95. The van der Waals surface area contributed by atoms with Crippen molar-refractivity contribution >= 4 is 30.9 Å². The summed E-state index contributed by atoms with van der Waals surface area (Å²) in [6, 6.07) is 22.4. The van der Waals surface area contributed by atoms with Crippen molar-refractivity contribution < 1.29 is 18.7 Å². The van der Waals surface area contributed by atoms with Gasteiger partial charge in [0.15, 0.2) is 5.60 Å². The molecule has 0 radical (unpaired) electrons. The van der Waals surface area contributed by atoms with Crippen molar-refractivity contribution in [2.45, 2.75) is 56.1 Å². The number of aliphatic hydroxyl groups excluding tert-OH is 1. The van der Waals surface area contributed by atoms with Crippen molar-refractivity contribution in [2.75, 3.05) is 18.1 Å². The maximum atomic E-state index is 16.4. The van der Waals surface area contributed by atoms with Crippen molar-refractivity contribution in [3.05, 3.63) is 119 Å². The van der Waals surface area contributed by atoms with E-state index in [-0.39, 0.29) is 30.5 Å². The van der Waals surface area contributed by atoms with Crippen LogP contribution in [-0.2, 0) is 21.7 Å². The SMILES string of the molecule is C=CCN1C(=O)[C@]2(O[C@H](CCn3cc(C(CO)c4ccccc4)nn3)[C@@H]([Si](C)(C)F)[C@@H]2C)c2cc(-n3[nH]c4ccccc4c3=O)ccc21. The van der Waals surface area contributed by atoms with Crippen LogP contribution in [0.15, 0.2) is 96.4 Å².